The smallest absolute Gasteiger partial charge is 0.279 e. The van der Waals surface area contributed by atoms with Gasteiger partial charge in [-0.1, -0.05) is 23.2 Å². The molecule has 26 heavy (non-hydrogen) atoms. The zero-order valence-corrected chi connectivity index (χ0v) is 14.4. The maximum Gasteiger partial charge on any atom is 0.416 e. The van der Waals surface area contributed by atoms with E-state index in [4.69, 9.17) is 23.2 Å². The maximum atomic E-state index is 12.8. The Labute approximate surface area is 152 Å². The number of sulfonamides is 1. The van der Waals surface area contributed by atoms with Gasteiger partial charge in [0, 0.05) is 0 Å². The molecule has 0 aliphatic carbocycles. The summed E-state index contributed by atoms with van der Waals surface area (Å²) in [6, 6.07) is 1.94. The van der Waals surface area contributed by atoms with E-state index in [0.717, 1.165) is 12.1 Å². The first-order valence-corrected chi connectivity index (χ1v) is 8.58. The molecule has 142 valence electrons. The van der Waals surface area contributed by atoms with Crippen LogP contribution in [0.2, 0.25) is 10.3 Å². The van der Waals surface area contributed by atoms with Crippen LogP contribution in [0.5, 0.6) is 0 Å². The molecule has 0 radical (unpaired) electrons. The lowest BCUT2D eigenvalue weighted by Gasteiger charge is -2.15. The lowest BCUT2D eigenvalue weighted by Crippen LogP contribution is -2.17. The van der Waals surface area contributed by atoms with E-state index in [0.29, 0.717) is 0 Å². The van der Waals surface area contributed by atoms with Crippen molar-refractivity contribution in [1.29, 1.82) is 0 Å². The van der Waals surface area contributed by atoms with E-state index in [1.54, 1.807) is 4.72 Å². The van der Waals surface area contributed by atoms with E-state index < -0.39 is 38.4 Å². The SMILES string of the molecule is O=S(=O)(Nc1cc(Cl)nc(Cl)c1)c1cc(C(F)(F)F)cc(C(F)(F)F)c1. The van der Waals surface area contributed by atoms with Gasteiger partial charge >= 0.3 is 12.4 Å². The molecule has 4 nitrogen and oxygen atoms in total. The maximum absolute atomic E-state index is 12.8. The van der Waals surface area contributed by atoms with Crippen LogP contribution in [0.25, 0.3) is 0 Å². The Morgan fingerprint density at radius 3 is 1.62 bits per heavy atom. The number of rotatable bonds is 3. The highest BCUT2D eigenvalue weighted by Gasteiger charge is 2.38. The number of alkyl halides is 6. The Balaban J connectivity index is 2.57. The molecular weight excluding hydrogens is 433 g/mol. The second-order valence-corrected chi connectivity index (χ2v) is 7.31. The number of hydrogen-bond acceptors (Lipinski definition) is 3. The van der Waals surface area contributed by atoms with Crippen LogP contribution in [0.4, 0.5) is 32.0 Å². The summed E-state index contributed by atoms with van der Waals surface area (Å²) in [5.74, 6) is 0. The van der Waals surface area contributed by atoms with Crippen molar-refractivity contribution >= 4 is 38.9 Å². The van der Waals surface area contributed by atoms with Gasteiger partial charge in [-0.2, -0.15) is 26.3 Å². The Hall–Kier alpha value is -1.72. The molecule has 1 aromatic heterocycles. The molecule has 0 saturated heterocycles. The van der Waals surface area contributed by atoms with Gasteiger partial charge in [-0.05, 0) is 30.3 Å². The minimum absolute atomic E-state index is 0.0853. The first kappa shape index (κ1) is 20.6. The summed E-state index contributed by atoms with van der Waals surface area (Å²) < 4.78 is 103. The van der Waals surface area contributed by atoms with Gasteiger partial charge in [0.05, 0.1) is 21.7 Å². The highest BCUT2D eigenvalue weighted by Crippen LogP contribution is 2.37. The van der Waals surface area contributed by atoms with Crippen LogP contribution in [0, 0.1) is 0 Å². The highest BCUT2D eigenvalue weighted by molar-refractivity contribution is 7.92. The van der Waals surface area contributed by atoms with Crippen LogP contribution >= 0.6 is 23.2 Å². The second-order valence-electron chi connectivity index (χ2n) is 4.85. The van der Waals surface area contributed by atoms with Crippen LogP contribution in [0.1, 0.15) is 11.1 Å². The molecule has 2 aromatic rings. The van der Waals surface area contributed by atoms with Gasteiger partial charge in [-0.25, -0.2) is 13.4 Å². The molecule has 13 heteroatoms. The topological polar surface area (TPSA) is 59.1 Å². The monoisotopic (exact) mass is 438 g/mol. The van der Waals surface area contributed by atoms with Crippen molar-refractivity contribution in [1.82, 2.24) is 4.98 Å². The summed E-state index contributed by atoms with van der Waals surface area (Å²) in [6.07, 6.45) is -10.4. The van der Waals surface area contributed by atoms with Gasteiger partial charge in [0.2, 0.25) is 0 Å². The Kier molecular flexibility index (Phi) is 5.37. The van der Waals surface area contributed by atoms with Crippen LogP contribution in [-0.2, 0) is 22.4 Å². The molecular formula is C13H6Cl2F6N2O2S. The lowest BCUT2D eigenvalue weighted by molar-refractivity contribution is -0.143. The second kappa shape index (κ2) is 6.78. The molecule has 1 N–H and O–H groups in total. The summed E-state index contributed by atoms with van der Waals surface area (Å²) in [4.78, 5) is 2.30. The molecule has 0 aliphatic heterocycles. The largest absolute Gasteiger partial charge is 0.416 e. The molecule has 0 saturated carbocycles. The van der Waals surface area contributed by atoms with Gasteiger partial charge in [0.15, 0.2) is 0 Å². The van der Waals surface area contributed by atoms with Crippen molar-refractivity contribution in [3.63, 3.8) is 0 Å². The van der Waals surface area contributed by atoms with E-state index in [1.807, 2.05) is 0 Å². The molecule has 0 amide bonds. The van der Waals surface area contributed by atoms with E-state index >= 15 is 0 Å². The molecule has 0 atom stereocenters. The lowest BCUT2D eigenvalue weighted by atomic mass is 10.1. The number of halogens is 8. The molecule has 0 aliphatic rings. The van der Waals surface area contributed by atoms with Gasteiger partial charge < -0.3 is 0 Å². The summed E-state index contributed by atoms with van der Waals surface area (Å²) in [5, 5.41) is -0.481. The third-order valence-corrected chi connectivity index (χ3v) is 4.63. The first-order chi connectivity index (χ1) is 11.7. The van der Waals surface area contributed by atoms with Crippen LogP contribution in [-0.4, -0.2) is 13.4 Å². The third-order valence-electron chi connectivity index (χ3n) is 2.89. The molecule has 1 heterocycles. The van der Waals surface area contributed by atoms with E-state index in [2.05, 4.69) is 4.98 Å². The summed E-state index contributed by atoms with van der Waals surface area (Å²) >= 11 is 11.1. The predicted octanol–water partition coefficient (Wildman–Crippen LogP) is 5.23. The first-order valence-electron chi connectivity index (χ1n) is 6.34. The van der Waals surface area contributed by atoms with Crippen LogP contribution in [0.15, 0.2) is 35.2 Å². The van der Waals surface area contributed by atoms with Gasteiger partial charge in [0.25, 0.3) is 10.0 Å². The normalized spacial score (nSPS) is 12.9. The van der Waals surface area contributed by atoms with E-state index in [-0.39, 0.29) is 34.2 Å². The average Bonchev–Trinajstić information content (AvgIpc) is 2.43. The Bertz CT molecular complexity index is 892. The van der Waals surface area contributed by atoms with Crippen molar-refractivity contribution in [3.05, 3.63) is 51.8 Å². The molecule has 2 rings (SSSR count). The standard InChI is InChI=1S/C13H6Cl2F6N2O2S/c14-10-4-8(5-11(15)22-10)23-26(24,25)9-2-6(12(16,17)18)1-7(3-9)13(19,20)21/h1-5H,(H,22,23). The van der Waals surface area contributed by atoms with E-state index in [9.17, 15) is 34.8 Å². The zero-order chi connectivity index (χ0) is 19.9. The summed E-state index contributed by atoms with van der Waals surface area (Å²) in [7, 11) is -4.81. The summed E-state index contributed by atoms with van der Waals surface area (Å²) in [5.41, 5.74) is -3.82. The Morgan fingerprint density at radius 1 is 0.808 bits per heavy atom. The number of benzene rings is 1. The van der Waals surface area contributed by atoms with Crippen molar-refractivity contribution < 1.29 is 34.8 Å². The van der Waals surface area contributed by atoms with Crippen molar-refractivity contribution in [2.45, 2.75) is 17.2 Å². The molecule has 1 aromatic carbocycles. The quantitative estimate of drug-likeness (QED) is 0.527. The van der Waals surface area contributed by atoms with E-state index in [1.165, 1.54) is 0 Å². The zero-order valence-electron chi connectivity index (χ0n) is 12.1. The molecule has 0 unspecified atom stereocenters. The number of anilines is 1. The minimum Gasteiger partial charge on any atom is -0.279 e. The van der Waals surface area contributed by atoms with Crippen molar-refractivity contribution in [2.24, 2.45) is 0 Å². The number of nitrogens with one attached hydrogen (secondary N) is 1. The highest BCUT2D eigenvalue weighted by atomic mass is 35.5. The fourth-order valence-corrected chi connectivity index (χ4v) is 3.39. The number of hydrogen-bond donors (Lipinski definition) is 1. The van der Waals surface area contributed by atoms with Crippen molar-refractivity contribution in [2.75, 3.05) is 4.72 Å². The molecule has 0 fully saturated rings. The molecule has 0 spiro atoms. The fourth-order valence-electron chi connectivity index (χ4n) is 1.82. The van der Waals surface area contributed by atoms with Crippen LogP contribution < -0.4 is 4.72 Å². The molecule has 0 bridgehead atoms. The fraction of sp³-hybridized carbons (Fsp3) is 0.154. The minimum atomic E-state index is -5.19. The van der Waals surface area contributed by atoms with Gasteiger partial charge in [0.1, 0.15) is 10.3 Å². The van der Waals surface area contributed by atoms with Crippen molar-refractivity contribution in [3.8, 4) is 0 Å². The Morgan fingerprint density at radius 2 is 1.23 bits per heavy atom. The van der Waals surface area contributed by atoms with Crippen LogP contribution in [0.3, 0.4) is 0 Å². The van der Waals surface area contributed by atoms with Gasteiger partial charge in [-0.3, -0.25) is 4.72 Å². The average molecular weight is 439 g/mol. The van der Waals surface area contributed by atoms with Gasteiger partial charge in [-0.15, -0.1) is 0 Å². The third kappa shape index (κ3) is 4.92. The number of aromatic nitrogens is 1. The summed E-state index contributed by atoms with van der Waals surface area (Å²) in [6.45, 7) is 0. The number of pyridine rings is 1. The number of nitrogens with zero attached hydrogens (tertiary/aromatic N) is 1. The predicted molar refractivity (Wildman–Crippen MR) is 81.5 cm³/mol.